The number of nitrogens with zero attached hydrogens (tertiary/aromatic N) is 2. The zero-order chi connectivity index (χ0) is 22.4. The molecule has 1 unspecified atom stereocenters. The van der Waals surface area contributed by atoms with E-state index in [9.17, 15) is 14.7 Å². The van der Waals surface area contributed by atoms with E-state index in [1.165, 1.54) is 4.90 Å². The number of carbonyl (C=O) groups excluding carboxylic acids is 2. The SMILES string of the molecule is COCCCN1C(=O)C(=O)/C(=C(\O)c2ccc(OCC(C)C)cc2)C1c1ccccn1. The van der Waals surface area contributed by atoms with E-state index in [2.05, 4.69) is 18.8 Å². The molecule has 0 saturated carbocycles. The molecule has 1 aromatic carbocycles. The number of carbonyl (C=O) groups is 2. The van der Waals surface area contributed by atoms with Crippen LogP contribution in [0.3, 0.4) is 0 Å². The number of pyridine rings is 1. The van der Waals surface area contributed by atoms with Gasteiger partial charge < -0.3 is 19.5 Å². The highest BCUT2D eigenvalue weighted by Crippen LogP contribution is 2.38. The van der Waals surface area contributed by atoms with Crippen molar-refractivity contribution in [3.8, 4) is 5.75 Å². The quantitative estimate of drug-likeness (QED) is 0.286. The van der Waals surface area contributed by atoms with E-state index < -0.39 is 17.7 Å². The lowest BCUT2D eigenvalue weighted by Crippen LogP contribution is -2.31. The Bertz CT molecular complexity index is 938. The monoisotopic (exact) mass is 424 g/mol. The topological polar surface area (TPSA) is 89.0 Å². The molecule has 1 aromatic heterocycles. The Hall–Kier alpha value is -3.19. The van der Waals surface area contributed by atoms with Gasteiger partial charge in [-0.3, -0.25) is 14.6 Å². The largest absolute Gasteiger partial charge is 0.507 e. The van der Waals surface area contributed by atoms with E-state index >= 15 is 0 Å². The van der Waals surface area contributed by atoms with Crippen molar-refractivity contribution in [1.82, 2.24) is 9.88 Å². The van der Waals surface area contributed by atoms with Gasteiger partial charge in [0.25, 0.3) is 11.7 Å². The van der Waals surface area contributed by atoms with E-state index in [1.54, 1.807) is 55.8 Å². The van der Waals surface area contributed by atoms with Gasteiger partial charge >= 0.3 is 0 Å². The first-order chi connectivity index (χ1) is 14.9. The zero-order valence-corrected chi connectivity index (χ0v) is 18.1. The molecule has 2 heterocycles. The van der Waals surface area contributed by atoms with Crippen LogP contribution >= 0.6 is 0 Å². The number of ether oxygens (including phenoxy) is 2. The van der Waals surface area contributed by atoms with E-state index in [4.69, 9.17) is 9.47 Å². The molecule has 0 spiro atoms. The van der Waals surface area contributed by atoms with Crippen LogP contribution in [0.25, 0.3) is 5.76 Å². The third-order valence-electron chi connectivity index (χ3n) is 4.97. The van der Waals surface area contributed by atoms with Crippen molar-refractivity contribution in [3.05, 3.63) is 65.5 Å². The van der Waals surface area contributed by atoms with Gasteiger partial charge in [-0.15, -0.1) is 0 Å². The number of aliphatic hydroxyl groups excluding tert-OH is 1. The normalized spacial score (nSPS) is 18.1. The number of hydrogen-bond donors (Lipinski definition) is 1. The van der Waals surface area contributed by atoms with Crippen LogP contribution < -0.4 is 4.74 Å². The van der Waals surface area contributed by atoms with E-state index in [0.29, 0.717) is 49.1 Å². The molecule has 1 N–H and O–H groups in total. The Balaban J connectivity index is 1.98. The average Bonchev–Trinajstić information content (AvgIpc) is 3.03. The summed E-state index contributed by atoms with van der Waals surface area (Å²) in [5, 5.41) is 11.0. The van der Waals surface area contributed by atoms with Crippen molar-refractivity contribution in [2.24, 2.45) is 5.92 Å². The summed E-state index contributed by atoms with van der Waals surface area (Å²) < 4.78 is 10.8. The maximum absolute atomic E-state index is 12.9. The van der Waals surface area contributed by atoms with Gasteiger partial charge in [-0.2, -0.15) is 0 Å². The minimum absolute atomic E-state index is 0.0389. The van der Waals surface area contributed by atoms with Crippen LogP contribution in [0, 0.1) is 5.92 Å². The molecule has 31 heavy (non-hydrogen) atoms. The molecular weight excluding hydrogens is 396 g/mol. The van der Waals surface area contributed by atoms with E-state index in [1.807, 2.05) is 0 Å². The number of likely N-dealkylation sites (tertiary alicyclic amines) is 1. The molecule has 0 aliphatic carbocycles. The number of ketones is 1. The molecule has 0 radical (unpaired) electrons. The van der Waals surface area contributed by atoms with Crippen molar-refractivity contribution < 1.29 is 24.2 Å². The lowest BCUT2D eigenvalue weighted by atomic mass is 9.98. The Morgan fingerprint density at radius 3 is 2.52 bits per heavy atom. The predicted octanol–water partition coefficient (Wildman–Crippen LogP) is 3.57. The van der Waals surface area contributed by atoms with Gasteiger partial charge in [0.15, 0.2) is 0 Å². The highest BCUT2D eigenvalue weighted by molar-refractivity contribution is 6.46. The van der Waals surface area contributed by atoms with Gasteiger partial charge in [0.1, 0.15) is 17.6 Å². The van der Waals surface area contributed by atoms with E-state index in [-0.39, 0.29) is 11.3 Å². The minimum atomic E-state index is -0.755. The lowest BCUT2D eigenvalue weighted by molar-refractivity contribution is -0.140. The third-order valence-corrected chi connectivity index (χ3v) is 4.97. The summed E-state index contributed by atoms with van der Waals surface area (Å²) in [6.07, 6.45) is 2.17. The summed E-state index contributed by atoms with van der Waals surface area (Å²) >= 11 is 0. The van der Waals surface area contributed by atoms with Gasteiger partial charge in [-0.25, -0.2) is 0 Å². The number of amides is 1. The molecule has 1 saturated heterocycles. The van der Waals surface area contributed by atoms with Crippen molar-refractivity contribution >= 4 is 17.4 Å². The Morgan fingerprint density at radius 1 is 1.16 bits per heavy atom. The van der Waals surface area contributed by atoms with Crippen LogP contribution in [0.5, 0.6) is 5.75 Å². The van der Waals surface area contributed by atoms with Crippen molar-refractivity contribution in [2.75, 3.05) is 26.9 Å². The second-order valence-electron chi connectivity index (χ2n) is 7.82. The maximum Gasteiger partial charge on any atom is 0.295 e. The summed E-state index contributed by atoms with van der Waals surface area (Å²) in [6, 6.07) is 11.4. The van der Waals surface area contributed by atoms with Crippen LogP contribution in [0.2, 0.25) is 0 Å². The van der Waals surface area contributed by atoms with Crippen LogP contribution in [0.4, 0.5) is 0 Å². The van der Waals surface area contributed by atoms with Gasteiger partial charge in [-0.05, 0) is 48.7 Å². The molecule has 7 nitrogen and oxygen atoms in total. The van der Waals surface area contributed by atoms with Gasteiger partial charge in [0.2, 0.25) is 0 Å². The first kappa shape index (κ1) is 22.5. The van der Waals surface area contributed by atoms with Crippen molar-refractivity contribution in [3.63, 3.8) is 0 Å². The van der Waals surface area contributed by atoms with Crippen molar-refractivity contribution in [2.45, 2.75) is 26.3 Å². The fourth-order valence-corrected chi connectivity index (χ4v) is 3.46. The third kappa shape index (κ3) is 5.11. The van der Waals surface area contributed by atoms with Gasteiger partial charge in [0.05, 0.1) is 17.9 Å². The number of rotatable bonds is 9. The molecule has 1 aliphatic heterocycles. The Labute approximate surface area is 182 Å². The highest BCUT2D eigenvalue weighted by Gasteiger charge is 2.46. The number of aromatic nitrogens is 1. The summed E-state index contributed by atoms with van der Waals surface area (Å²) in [5.41, 5.74) is 1.00. The number of methoxy groups -OCH3 is 1. The smallest absolute Gasteiger partial charge is 0.295 e. The predicted molar refractivity (Wildman–Crippen MR) is 117 cm³/mol. The molecule has 2 aromatic rings. The second kappa shape index (κ2) is 10.2. The Morgan fingerprint density at radius 2 is 1.90 bits per heavy atom. The number of hydrogen-bond acceptors (Lipinski definition) is 6. The molecule has 7 heteroatoms. The van der Waals surface area contributed by atoms with Crippen LogP contribution in [-0.4, -0.2) is 53.5 Å². The number of aliphatic hydroxyl groups is 1. The fraction of sp³-hybridized carbons (Fsp3) is 0.375. The van der Waals surface area contributed by atoms with Crippen LogP contribution in [-0.2, 0) is 14.3 Å². The number of benzene rings is 1. The first-order valence-electron chi connectivity index (χ1n) is 10.4. The summed E-state index contributed by atoms with van der Waals surface area (Å²) in [7, 11) is 1.58. The molecule has 1 fully saturated rings. The number of Topliss-reactive ketones (excluding diaryl/α,β-unsaturated/α-hetero) is 1. The first-order valence-corrected chi connectivity index (χ1v) is 10.4. The standard InChI is InChI=1S/C24H28N2O5/c1-16(2)15-31-18-10-8-17(9-11-18)22(27)20-21(19-7-4-5-12-25-19)26(13-6-14-30-3)24(29)23(20)28/h4-5,7-12,16,21,27H,6,13-15H2,1-3H3/b22-20-. The summed E-state index contributed by atoms with van der Waals surface area (Å²) in [6.45, 7) is 5.47. The molecule has 1 atom stereocenters. The molecule has 3 rings (SSSR count). The molecule has 0 bridgehead atoms. The average molecular weight is 424 g/mol. The minimum Gasteiger partial charge on any atom is -0.507 e. The second-order valence-corrected chi connectivity index (χ2v) is 7.82. The molecule has 1 aliphatic rings. The lowest BCUT2D eigenvalue weighted by Gasteiger charge is -2.24. The maximum atomic E-state index is 12.9. The molecule has 1 amide bonds. The van der Waals surface area contributed by atoms with Crippen LogP contribution in [0.1, 0.15) is 37.6 Å². The van der Waals surface area contributed by atoms with Crippen molar-refractivity contribution in [1.29, 1.82) is 0 Å². The summed E-state index contributed by atoms with van der Waals surface area (Å²) in [5.74, 6) is -0.526. The molecule has 164 valence electrons. The highest BCUT2D eigenvalue weighted by atomic mass is 16.5. The van der Waals surface area contributed by atoms with E-state index in [0.717, 1.165) is 0 Å². The zero-order valence-electron chi connectivity index (χ0n) is 18.1. The summed E-state index contributed by atoms with van der Waals surface area (Å²) in [4.78, 5) is 31.5. The van der Waals surface area contributed by atoms with Gasteiger partial charge in [-0.1, -0.05) is 19.9 Å². The fourth-order valence-electron chi connectivity index (χ4n) is 3.46. The van der Waals surface area contributed by atoms with Crippen LogP contribution in [0.15, 0.2) is 54.2 Å². The van der Waals surface area contributed by atoms with Gasteiger partial charge in [0, 0.05) is 32.0 Å². The Kier molecular flexibility index (Phi) is 7.41. The molecular formula is C24H28N2O5.